The van der Waals surface area contributed by atoms with Gasteiger partial charge in [0.25, 0.3) is 0 Å². The molecule has 0 unspecified atom stereocenters. The van der Waals surface area contributed by atoms with Crippen LogP contribution in [0.1, 0.15) is 19.8 Å². The van der Waals surface area contributed by atoms with Crippen LogP contribution in [-0.4, -0.2) is 21.9 Å². The van der Waals surface area contributed by atoms with E-state index in [9.17, 15) is 5.11 Å². The van der Waals surface area contributed by atoms with E-state index in [1.807, 2.05) is 6.92 Å². The molecule has 3 nitrogen and oxygen atoms in total. The number of thiocarbonyl (C=S) groups is 1. The van der Waals surface area contributed by atoms with Gasteiger partial charge in [-0.05, 0) is 32.0 Å². The van der Waals surface area contributed by atoms with Gasteiger partial charge in [0.05, 0.1) is 5.60 Å². The molecule has 0 atom stereocenters. The summed E-state index contributed by atoms with van der Waals surface area (Å²) in [5.74, 6) is 0. The first-order valence-corrected chi connectivity index (χ1v) is 3.69. The Morgan fingerprint density at radius 1 is 1.80 bits per heavy atom. The summed E-state index contributed by atoms with van der Waals surface area (Å²) in [5, 5.41) is 12.5. The summed E-state index contributed by atoms with van der Waals surface area (Å²) in [6.45, 7) is 1.81. The predicted octanol–water partition coefficient (Wildman–Crippen LogP) is -0.267. The Morgan fingerprint density at radius 2 is 2.30 bits per heavy atom. The van der Waals surface area contributed by atoms with Gasteiger partial charge in [0.2, 0.25) is 0 Å². The molecule has 0 radical (unpaired) electrons. The standard InChI is InChI=1S/C6H12N2OS/c1-6(9)2-4(3-6)8-5(7)10/h4,9H,2-3H2,1H3,(H3,7,8,10). The molecule has 0 aliphatic heterocycles. The SMILES string of the molecule is CC1(O)CC(NC(N)=S)C1. The normalized spacial score (nSPS) is 38.4. The third kappa shape index (κ3) is 1.82. The van der Waals surface area contributed by atoms with Crippen LogP contribution in [0, 0.1) is 0 Å². The van der Waals surface area contributed by atoms with E-state index >= 15 is 0 Å². The molecular formula is C6H12N2OS. The average molecular weight is 160 g/mol. The fourth-order valence-electron chi connectivity index (χ4n) is 1.31. The number of hydrogen-bond acceptors (Lipinski definition) is 2. The van der Waals surface area contributed by atoms with Crippen LogP contribution in [0.25, 0.3) is 0 Å². The Bertz CT molecular complexity index is 150. The molecule has 0 spiro atoms. The van der Waals surface area contributed by atoms with E-state index in [1.54, 1.807) is 0 Å². The molecule has 1 aliphatic carbocycles. The lowest BCUT2D eigenvalue weighted by atomic mass is 9.77. The summed E-state index contributed by atoms with van der Waals surface area (Å²) in [4.78, 5) is 0. The van der Waals surface area contributed by atoms with Crippen molar-refractivity contribution < 1.29 is 5.11 Å². The van der Waals surface area contributed by atoms with Crippen LogP contribution in [0.3, 0.4) is 0 Å². The Hall–Kier alpha value is -0.350. The lowest BCUT2D eigenvalue weighted by molar-refractivity contribution is -0.0338. The highest BCUT2D eigenvalue weighted by Crippen LogP contribution is 2.30. The molecule has 0 aromatic rings. The van der Waals surface area contributed by atoms with Crippen molar-refractivity contribution in [2.45, 2.75) is 31.4 Å². The van der Waals surface area contributed by atoms with Gasteiger partial charge in [-0.2, -0.15) is 0 Å². The molecule has 0 aromatic heterocycles. The number of aliphatic hydroxyl groups is 1. The van der Waals surface area contributed by atoms with Crippen molar-refractivity contribution in [3.8, 4) is 0 Å². The van der Waals surface area contributed by atoms with E-state index < -0.39 is 5.60 Å². The average Bonchev–Trinajstić information content (AvgIpc) is 1.57. The summed E-state index contributed by atoms with van der Waals surface area (Å²) in [7, 11) is 0. The molecule has 1 saturated carbocycles. The monoisotopic (exact) mass is 160 g/mol. The van der Waals surface area contributed by atoms with Crippen LogP contribution in [0.15, 0.2) is 0 Å². The maximum Gasteiger partial charge on any atom is 0.163 e. The summed E-state index contributed by atoms with van der Waals surface area (Å²) < 4.78 is 0. The first kappa shape index (κ1) is 7.75. The van der Waals surface area contributed by atoms with Crippen LogP contribution in [-0.2, 0) is 0 Å². The van der Waals surface area contributed by atoms with Gasteiger partial charge in [0, 0.05) is 6.04 Å². The molecule has 1 aliphatic rings. The second-order valence-electron chi connectivity index (χ2n) is 3.11. The number of hydrogen-bond donors (Lipinski definition) is 3. The zero-order valence-corrected chi connectivity index (χ0v) is 6.74. The maximum atomic E-state index is 9.27. The van der Waals surface area contributed by atoms with Gasteiger partial charge in [-0.25, -0.2) is 0 Å². The predicted molar refractivity (Wildman–Crippen MR) is 43.6 cm³/mol. The largest absolute Gasteiger partial charge is 0.390 e. The minimum absolute atomic E-state index is 0.285. The van der Waals surface area contributed by atoms with Gasteiger partial charge < -0.3 is 16.2 Å². The molecular weight excluding hydrogens is 148 g/mol. The van der Waals surface area contributed by atoms with Crippen molar-refractivity contribution in [3.63, 3.8) is 0 Å². The van der Waals surface area contributed by atoms with Gasteiger partial charge >= 0.3 is 0 Å². The Morgan fingerprint density at radius 3 is 2.60 bits per heavy atom. The van der Waals surface area contributed by atoms with Gasteiger partial charge in [0.15, 0.2) is 5.11 Å². The van der Waals surface area contributed by atoms with Crippen molar-refractivity contribution in [2.75, 3.05) is 0 Å². The topological polar surface area (TPSA) is 58.3 Å². The lowest BCUT2D eigenvalue weighted by Gasteiger charge is -2.41. The Kier molecular flexibility index (Phi) is 1.83. The van der Waals surface area contributed by atoms with E-state index in [-0.39, 0.29) is 6.04 Å². The van der Waals surface area contributed by atoms with E-state index in [1.165, 1.54) is 0 Å². The van der Waals surface area contributed by atoms with Crippen molar-refractivity contribution in [3.05, 3.63) is 0 Å². The highest BCUT2D eigenvalue weighted by Gasteiger charge is 2.38. The van der Waals surface area contributed by atoms with Crippen LogP contribution in [0.5, 0.6) is 0 Å². The Balaban J connectivity index is 2.21. The third-order valence-corrected chi connectivity index (χ3v) is 1.84. The molecule has 1 rings (SSSR count). The van der Waals surface area contributed by atoms with Gasteiger partial charge in [-0.15, -0.1) is 0 Å². The number of rotatable bonds is 1. The highest BCUT2D eigenvalue weighted by molar-refractivity contribution is 7.80. The van der Waals surface area contributed by atoms with Gasteiger partial charge in [-0.1, -0.05) is 0 Å². The fourth-order valence-corrected chi connectivity index (χ4v) is 1.47. The van der Waals surface area contributed by atoms with Crippen molar-refractivity contribution in [1.82, 2.24) is 5.32 Å². The molecule has 58 valence electrons. The molecule has 0 saturated heterocycles. The first-order valence-electron chi connectivity index (χ1n) is 3.28. The molecule has 0 aromatic carbocycles. The summed E-state index contributed by atoms with van der Waals surface area (Å²) in [6.07, 6.45) is 1.48. The van der Waals surface area contributed by atoms with Crippen LogP contribution in [0.2, 0.25) is 0 Å². The molecule has 4 heteroatoms. The molecule has 1 fully saturated rings. The van der Waals surface area contributed by atoms with E-state index in [0.717, 1.165) is 12.8 Å². The smallest absolute Gasteiger partial charge is 0.163 e. The van der Waals surface area contributed by atoms with Crippen LogP contribution < -0.4 is 11.1 Å². The van der Waals surface area contributed by atoms with Crippen LogP contribution >= 0.6 is 12.2 Å². The molecule has 10 heavy (non-hydrogen) atoms. The zero-order chi connectivity index (χ0) is 7.78. The molecule has 0 amide bonds. The maximum absolute atomic E-state index is 9.27. The number of nitrogens with one attached hydrogen (secondary N) is 1. The zero-order valence-electron chi connectivity index (χ0n) is 5.92. The first-order chi connectivity index (χ1) is 4.49. The fraction of sp³-hybridized carbons (Fsp3) is 0.833. The van der Waals surface area contributed by atoms with Crippen molar-refractivity contribution >= 4 is 17.3 Å². The van der Waals surface area contributed by atoms with Gasteiger partial charge in [-0.3, -0.25) is 0 Å². The summed E-state index contributed by atoms with van der Waals surface area (Å²) >= 11 is 4.63. The molecule has 0 bridgehead atoms. The summed E-state index contributed by atoms with van der Waals surface area (Å²) in [6, 6.07) is 0.285. The minimum Gasteiger partial charge on any atom is -0.390 e. The molecule has 0 heterocycles. The number of nitrogens with two attached hydrogens (primary N) is 1. The van der Waals surface area contributed by atoms with E-state index in [4.69, 9.17) is 5.73 Å². The van der Waals surface area contributed by atoms with E-state index in [2.05, 4.69) is 17.5 Å². The van der Waals surface area contributed by atoms with Crippen molar-refractivity contribution in [1.29, 1.82) is 0 Å². The lowest BCUT2D eigenvalue weighted by Crippen LogP contribution is -2.54. The summed E-state index contributed by atoms with van der Waals surface area (Å²) in [5.41, 5.74) is 4.73. The van der Waals surface area contributed by atoms with Crippen LogP contribution in [0.4, 0.5) is 0 Å². The molecule has 4 N–H and O–H groups in total. The highest BCUT2D eigenvalue weighted by atomic mass is 32.1. The minimum atomic E-state index is -0.498. The Labute approximate surface area is 65.6 Å². The van der Waals surface area contributed by atoms with Crippen molar-refractivity contribution in [2.24, 2.45) is 5.73 Å². The third-order valence-electron chi connectivity index (χ3n) is 1.72. The second-order valence-corrected chi connectivity index (χ2v) is 3.55. The second kappa shape index (κ2) is 2.36. The van der Waals surface area contributed by atoms with E-state index in [0.29, 0.717) is 5.11 Å². The van der Waals surface area contributed by atoms with Gasteiger partial charge in [0.1, 0.15) is 0 Å². The quantitative estimate of drug-likeness (QED) is 0.462.